The van der Waals surface area contributed by atoms with Crippen molar-refractivity contribution in [3.63, 3.8) is 0 Å². The Labute approximate surface area is 118 Å². The SMILES string of the molecule is CC(Br)CC(C)NC(=O)c1cc(F)cc([N+](=O)[O-])c1. The van der Waals surface area contributed by atoms with Gasteiger partial charge in [0.15, 0.2) is 0 Å². The highest BCUT2D eigenvalue weighted by Gasteiger charge is 2.16. The van der Waals surface area contributed by atoms with Crippen LogP contribution in [-0.2, 0) is 0 Å². The predicted molar refractivity (Wildman–Crippen MR) is 73.0 cm³/mol. The van der Waals surface area contributed by atoms with Crippen LogP contribution in [0.3, 0.4) is 0 Å². The second-order valence-corrected chi connectivity index (χ2v) is 5.91. The highest BCUT2D eigenvalue weighted by molar-refractivity contribution is 9.09. The zero-order chi connectivity index (χ0) is 14.6. The first-order valence-electron chi connectivity index (χ1n) is 5.69. The fourth-order valence-electron chi connectivity index (χ4n) is 1.66. The number of nitrogens with zero attached hydrogens (tertiary/aromatic N) is 1. The fourth-order valence-corrected chi connectivity index (χ4v) is 2.22. The summed E-state index contributed by atoms with van der Waals surface area (Å²) in [7, 11) is 0. The summed E-state index contributed by atoms with van der Waals surface area (Å²) < 4.78 is 13.2. The number of carbonyl (C=O) groups excluding carboxylic acids is 1. The van der Waals surface area contributed by atoms with Gasteiger partial charge in [-0.3, -0.25) is 14.9 Å². The molecule has 19 heavy (non-hydrogen) atoms. The van der Waals surface area contributed by atoms with Gasteiger partial charge in [-0.25, -0.2) is 4.39 Å². The molecule has 0 saturated carbocycles. The van der Waals surface area contributed by atoms with Crippen molar-refractivity contribution in [1.29, 1.82) is 0 Å². The smallest absolute Gasteiger partial charge is 0.273 e. The number of hydrogen-bond acceptors (Lipinski definition) is 3. The van der Waals surface area contributed by atoms with E-state index in [1.54, 1.807) is 0 Å². The van der Waals surface area contributed by atoms with Crippen LogP contribution in [0.5, 0.6) is 0 Å². The van der Waals surface area contributed by atoms with Gasteiger partial charge in [0.1, 0.15) is 5.82 Å². The van der Waals surface area contributed by atoms with Gasteiger partial charge in [-0.15, -0.1) is 0 Å². The summed E-state index contributed by atoms with van der Waals surface area (Å²) in [5.41, 5.74) is -0.493. The zero-order valence-corrected chi connectivity index (χ0v) is 12.1. The largest absolute Gasteiger partial charge is 0.350 e. The third-order valence-corrected chi connectivity index (χ3v) is 2.79. The average molecular weight is 333 g/mol. The molecule has 1 amide bonds. The van der Waals surface area contributed by atoms with E-state index in [0.717, 1.165) is 18.2 Å². The Hall–Kier alpha value is -1.50. The predicted octanol–water partition coefficient (Wildman–Crippen LogP) is 3.03. The fraction of sp³-hybridized carbons (Fsp3) is 0.417. The molecule has 0 saturated heterocycles. The molecule has 7 heteroatoms. The quantitative estimate of drug-likeness (QED) is 0.511. The van der Waals surface area contributed by atoms with E-state index in [2.05, 4.69) is 21.2 Å². The molecular weight excluding hydrogens is 319 g/mol. The minimum atomic E-state index is -0.805. The van der Waals surface area contributed by atoms with Crippen molar-refractivity contribution in [2.75, 3.05) is 0 Å². The molecule has 1 N–H and O–H groups in total. The Bertz CT molecular complexity index is 494. The van der Waals surface area contributed by atoms with Crippen LogP contribution in [0.1, 0.15) is 30.6 Å². The number of rotatable bonds is 5. The van der Waals surface area contributed by atoms with Gasteiger partial charge in [0.25, 0.3) is 11.6 Å². The van der Waals surface area contributed by atoms with Crippen LogP contribution in [0.2, 0.25) is 0 Å². The molecule has 0 radical (unpaired) electrons. The van der Waals surface area contributed by atoms with E-state index >= 15 is 0 Å². The molecule has 0 aliphatic heterocycles. The maximum atomic E-state index is 13.2. The van der Waals surface area contributed by atoms with Gasteiger partial charge < -0.3 is 5.32 Å². The van der Waals surface area contributed by atoms with Crippen molar-refractivity contribution >= 4 is 27.5 Å². The molecular formula is C12H14BrFN2O3. The normalized spacial score (nSPS) is 13.7. The molecule has 0 spiro atoms. The molecule has 5 nitrogen and oxygen atoms in total. The molecule has 0 heterocycles. The zero-order valence-electron chi connectivity index (χ0n) is 10.5. The van der Waals surface area contributed by atoms with E-state index in [0.29, 0.717) is 6.42 Å². The summed E-state index contributed by atoms with van der Waals surface area (Å²) in [5.74, 6) is -1.33. The molecule has 0 aliphatic rings. The van der Waals surface area contributed by atoms with Crippen LogP contribution in [0.25, 0.3) is 0 Å². The summed E-state index contributed by atoms with van der Waals surface area (Å²) in [4.78, 5) is 21.9. The summed E-state index contributed by atoms with van der Waals surface area (Å²) >= 11 is 3.36. The minimum Gasteiger partial charge on any atom is -0.350 e. The molecule has 1 aromatic carbocycles. The van der Waals surface area contributed by atoms with E-state index in [4.69, 9.17) is 0 Å². The van der Waals surface area contributed by atoms with Crippen molar-refractivity contribution in [3.05, 3.63) is 39.7 Å². The third kappa shape index (κ3) is 4.94. The monoisotopic (exact) mass is 332 g/mol. The van der Waals surface area contributed by atoms with Crippen LogP contribution in [0, 0.1) is 15.9 Å². The maximum Gasteiger partial charge on any atom is 0.273 e. The van der Waals surface area contributed by atoms with Crippen LogP contribution in [0.15, 0.2) is 18.2 Å². The summed E-state index contributed by atoms with van der Waals surface area (Å²) in [6, 6.07) is 2.69. The molecule has 0 fully saturated rings. The van der Waals surface area contributed by atoms with Gasteiger partial charge >= 0.3 is 0 Å². The molecule has 1 rings (SSSR count). The van der Waals surface area contributed by atoms with Gasteiger partial charge in [-0.05, 0) is 19.4 Å². The van der Waals surface area contributed by atoms with Crippen LogP contribution < -0.4 is 5.32 Å². The molecule has 2 unspecified atom stereocenters. The van der Waals surface area contributed by atoms with Crippen molar-refractivity contribution < 1.29 is 14.1 Å². The minimum absolute atomic E-state index is 0.0548. The van der Waals surface area contributed by atoms with Crippen LogP contribution >= 0.6 is 15.9 Å². The number of nitro benzene ring substituents is 1. The Morgan fingerprint density at radius 2 is 2.11 bits per heavy atom. The number of alkyl halides is 1. The molecule has 1 aromatic rings. The van der Waals surface area contributed by atoms with Crippen molar-refractivity contribution in [1.82, 2.24) is 5.32 Å². The lowest BCUT2D eigenvalue weighted by Gasteiger charge is -2.15. The van der Waals surface area contributed by atoms with E-state index in [-0.39, 0.29) is 16.4 Å². The van der Waals surface area contributed by atoms with Crippen LogP contribution in [-0.4, -0.2) is 21.7 Å². The van der Waals surface area contributed by atoms with Crippen molar-refractivity contribution in [3.8, 4) is 0 Å². The Kier molecular flexibility index (Phi) is 5.41. The molecule has 0 aromatic heterocycles. The van der Waals surface area contributed by atoms with E-state index in [9.17, 15) is 19.3 Å². The Balaban J connectivity index is 2.85. The topological polar surface area (TPSA) is 72.2 Å². The number of nitrogens with one attached hydrogen (secondary N) is 1. The van der Waals surface area contributed by atoms with Gasteiger partial charge in [-0.1, -0.05) is 22.9 Å². The number of non-ortho nitro benzene ring substituents is 1. The highest BCUT2D eigenvalue weighted by Crippen LogP contribution is 2.16. The van der Waals surface area contributed by atoms with Gasteiger partial charge in [-0.2, -0.15) is 0 Å². The van der Waals surface area contributed by atoms with Crippen LogP contribution in [0.4, 0.5) is 10.1 Å². The van der Waals surface area contributed by atoms with Gasteiger partial charge in [0.2, 0.25) is 0 Å². The average Bonchev–Trinajstić information content (AvgIpc) is 2.26. The number of benzene rings is 1. The standard InChI is InChI=1S/C12H14BrFN2O3/c1-7(13)3-8(2)15-12(17)9-4-10(14)6-11(5-9)16(18)19/h4-8H,3H2,1-2H3,(H,15,17). The molecule has 2 atom stereocenters. The van der Waals surface area contributed by atoms with Crippen molar-refractivity contribution in [2.45, 2.75) is 31.1 Å². The number of halogens is 2. The molecule has 104 valence electrons. The lowest BCUT2D eigenvalue weighted by atomic mass is 10.1. The van der Waals surface area contributed by atoms with Crippen molar-refractivity contribution in [2.24, 2.45) is 0 Å². The lowest BCUT2D eigenvalue weighted by molar-refractivity contribution is -0.385. The highest BCUT2D eigenvalue weighted by atomic mass is 79.9. The van der Waals surface area contributed by atoms with E-state index in [1.165, 1.54) is 0 Å². The van der Waals surface area contributed by atoms with E-state index in [1.807, 2.05) is 13.8 Å². The second kappa shape index (κ2) is 6.60. The van der Waals surface area contributed by atoms with Gasteiger partial charge in [0.05, 0.1) is 11.0 Å². The summed E-state index contributed by atoms with van der Waals surface area (Å²) in [6.45, 7) is 3.75. The third-order valence-electron chi connectivity index (χ3n) is 2.41. The summed E-state index contributed by atoms with van der Waals surface area (Å²) in [6.07, 6.45) is 0.698. The Morgan fingerprint density at radius 1 is 1.47 bits per heavy atom. The molecule has 0 aliphatic carbocycles. The number of nitro groups is 1. The Morgan fingerprint density at radius 3 is 2.63 bits per heavy atom. The van der Waals surface area contributed by atoms with Gasteiger partial charge in [0, 0.05) is 22.5 Å². The first-order valence-corrected chi connectivity index (χ1v) is 6.61. The first-order chi connectivity index (χ1) is 8.79. The number of hydrogen-bond donors (Lipinski definition) is 1. The number of carbonyl (C=O) groups is 1. The first kappa shape index (κ1) is 15.6. The lowest BCUT2D eigenvalue weighted by Crippen LogP contribution is -2.33. The summed E-state index contributed by atoms with van der Waals surface area (Å²) in [5, 5.41) is 13.3. The second-order valence-electron chi connectivity index (χ2n) is 4.35. The number of amides is 1. The van der Waals surface area contributed by atoms with E-state index < -0.39 is 22.3 Å². The maximum absolute atomic E-state index is 13.2. The molecule has 0 bridgehead atoms.